The zero-order chi connectivity index (χ0) is 20.0. The molecule has 0 spiro atoms. The maximum Gasteiger partial charge on any atom is 0.255 e. The molecule has 1 unspecified atom stereocenters. The first-order valence-electron chi connectivity index (χ1n) is 8.47. The minimum atomic E-state index is -2.71. The van der Waals surface area contributed by atoms with Gasteiger partial charge in [-0.2, -0.15) is 0 Å². The van der Waals surface area contributed by atoms with Crippen LogP contribution in [0.1, 0.15) is 43.4 Å². The van der Waals surface area contributed by atoms with Crippen molar-refractivity contribution < 1.29 is 17.1 Å². The number of pyridine rings is 1. The number of halogens is 2. The number of H-pyrrole nitrogens is 1. The molecule has 0 saturated carbocycles. The number of aromatic nitrogens is 1. The Morgan fingerprint density at radius 1 is 1.26 bits per heavy atom. The predicted octanol–water partition coefficient (Wildman–Crippen LogP) is 3.26. The molecule has 1 N–H and O–H groups in total. The van der Waals surface area contributed by atoms with Gasteiger partial charge in [-0.1, -0.05) is 0 Å². The average Bonchev–Trinajstić information content (AvgIpc) is 2.47. The molecule has 0 saturated heterocycles. The Morgan fingerprint density at radius 2 is 1.83 bits per heavy atom. The van der Waals surface area contributed by atoms with Crippen LogP contribution in [0.5, 0.6) is 0 Å². The smallest absolute Gasteiger partial charge is 0.255 e. The number of fused-ring (bicyclic) bond motifs is 1. The second-order valence-electron chi connectivity index (χ2n) is 6.25. The number of benzene rings is 1. The molecule has 1 aromatic heterocycles. The maximum atomic E-state index is 13.7. The highest BCUT2D eigenvalue weighted by molar-refractivity contribution is 7.84. The summed E-state index contributed by atoms with van der Waals surface area (Å²) in [6.45, 7) is 3.68. The third-order valence-electron chi connectivity index (χ3n) is 3.48. The fourth-order valence-electron chi connectivity index (χ4n) is 2.18. The average molecular weight is 345 g/mol. The van der Waals surface area contributed by atoms with Crippen molar-refractivity contribution >= 4 is 21.8 Å². The van der Waals surface area contributed by atoms with Gasteiger partial charge in [0.1, 0.15) is 0 Å². The van der Waals surface area contributed by atoms with Crippen molar-refractivity contribution in [1.82, 2.24) is 9.29 Å². The largest absolute Gasteiger partial charge is 0.328 e. The van der Waals surface area contributed by atoms with E-state index < -0.39 is 45.9 Å². The van der Waals surface area contributed by atoms with Crippen LogP contribution in [0.3, 0.4) is 0 Å². The van der Waals surface area contributed by atoms with E-state index in [1.54, 1.807) is 20.8 Å². The van der Waals surface area contributed by atoms with Gasteiger partial charge < -0.3 is 4.98 Å². The van der Waals surface area contributed by atoms with Gasteiger partial charge in [-0.05, 0) is 50.8 Å². The molecule has 2 atom stereocenters. The van der Waals surface area contributed by atoms with Crippen LogP contribution in [0.15, 0.2) is 23.1 Å². The van der Waals surface area contributed by atoms with Gasteiger partial charge in [0.15, 0.2) is 11.6 Å². The van der Waals surface area contributed by atoms with E-state index in [0.717, 1.165) is 16.4 Å². The Labute approximate surface area is 140 Å². The molecule has 7 heteroatoms. The summed E-state index contributed by atoms with van der Waals surface area (Å²) >= 11 is 0. The van der Waals surface area contributed by atoms with Crippen LogP contribution < -0.4 is 5.56 Å². The van der Waals surface area contributed by atoms with Crippen LogP contribution in [0.25, 0.3) is 10.8 Å². The van der Waals surface area contributed by atoms with E-state index in [1.807, 2.05) is 0 Å². The standard InChI is InChI=1S/C16H20F2N2O2S/c1-9(20(5)23(22)16(2,3)4)12-8-19-15(21)11-7-14(18)13(17)6-10(11)12/h6-9H,1-5H3,(H,19,21)/t9?,23-/m0/s1/i5D3. The van der Waals surface area contributed by atoms with E-state index in [9.17, 15) is 17.8 Å². The molecule has 2 rings (SSSR count). The molecule has 0 fully saturated rings. The summed E-state index contributed by atoms with van der Waals surface area (Å²) in [5.41, 5.74) is -0.403. The summed E-state index contributed by atoms with van der Waals surface area (Å²) in [7, 11) is -1.92. The molecule has 1 aromatic carbocycles. The SMILES string of the molecule is [2H]C([2H])([2H])N(C(C)c1c[nH]c(=O)c2cc(F)c(F)cc12)[S@@](=O)C(C)(C)C. The van der Waals surface area contributed by atoms with Gasteiger partial charge in [0.2, 0.25) is 0 Å². The molecule has 0 amide bonds. The molecule has 1 heterocycles. The minimum absolute atomic E-state index is 0.0697. The lowest BCUT2D eigenvalue weighted by atomic mass is 10.0. The normalized spacial score (nSPS) is 17.6. The lowest BCUT2D eigenvalue weighted by molar-refractivity contribution is 0.418. The molecule has 0 aliphatic carbocycles. The van der Waals surface area contributed by atoms with Gasteiger partial charge in [0.25, 0.3) is 5.56 Å². The molecular weight excluding hydrogens is 322 g/mol. The summed E-state index contributed by atoms with van der Waals surface area (Å²) in [5, 5.41) is -0.0411. The van der Waals surface area contributed by atoms with Crippen molar-refractivity contribution in [2.24, 2.45) is 0 Å². The first kappa shape index (κ1) is 13.8. The van der Waals surface area contributed by atoms with E-state index >= 15 is 0 Å². The fourth-order valence-corrected chi connectivity index (χ4v) is 3.17. The van der Waals surface area contributed by atoms with Gasteiger partial charge >= 0.3 is 0 Å². The quantitative estimate of drug-likeness (QED) is 0.928. The molecule has 126 valence electrons. The highest BCUT2D eigenvalue weighted by atomic mass is 32.2. The van der Waals surface area contributed by atoms with Crippen molar-refractivity contribution in [2.45, 2.75) is 38.5 Å². The zero-order valence-electron chi connectivity index (χ0n) is 16.2. The predicted molar refractivity (Wildman–Crippen MR) is 88.6 cm³/mol. The molecule has 0 bridgehead atoms. The Bertz CT molecular complexity index is 923. The Kier molecular flexibility index (Phi) is 3.68. The lowest BCUT2D eigenvalue weighted by Gasteiger charge is -2.30. The summed E-state index contributed by atoms with van der Waals surface area (Å²) in [6.07, 6.45) is 1.24. The van der Waals surface area contributed by atoms with Gasteiger partial charge in [0.05, 0.1) is 21.1 Å². The summed E-state index contributed by atoms with van der Waals surface area (Å²) in [5.74, 6) is -2.34. The lowest BCUT2D eigenvalue weighted by Crippen LogP contribution is -2.36. The van der Waals surface area contributed by atoms with Crippen molar-refractivity contribution in [3.8, 4) is 0 Å². The Hall–Kier alpha value is -1.60. The van der Waals surface area contributed by atoms with Crippen molar-refractivity contribution in [1.29, 1.82) is 0 Å². The highest BCUT2D eigenvalue weighted by Crippen LogP contribution is 2.29. The van der Waals surface area contributed by atoms with Gasteiger partial charge in [0, 0.05) is 23.3 Å². The third kappa shape index (κ3) is 3.35. The number of aromatic amines is 1. The minimum Gasteiger partial charge on any atom is -0.328 e. The van der Waals surface area contributed by atoms with Crippen LogP contribution in [0.2, 0.25) is 0 Å². The molecule has 2 aromatic rings. The van der Waals surface area contributed by atoms with Crippen molar-refractivity contribution in [3.05, 3.63) is 45.9 Å². The van der Waals surface area contributed by atoms with E-state index in [4.69, 9.17) is 4.11 Å². The molecule has 0 radical (unpaired) electrons. The number of hydrogen-bond acceptors (Lipinski definition) is 2. The molecule has 0 aliphatic rings. The summed E-state index contributed by atoms with van der Waals surface area (Å²) < 4.78 is 63.3. The molecule has 4 nitrogen and oxygen atoms in total. The van der Waals surface area contributed by atoms with E-state index in [-0.39, 0.29) is 16.3 Å². The van der Waals surface area contributed by atoms with Crippen molar-refractivity contribution in [3.63, 3.8) is 0 Å². The van der Waals surface area contributed by atoms with Crippen LogP contribution in [-0.4, -0.2) is 25.2 Å². The maximum absolute atomic E-state index is 13.7. The second-order valence-corrected chi connectivity index (χ2v) is 8.36. The molecule has 23 heavy (non-hydrogen) atoms. The van der Waals surface area contributed by atoms with Crippen molar-refractivity contribution in [2.75, 3.05) is 6.98 Å². The third-order valence-corrected chi connectivity index (χ3v) is 5.20. The van der Waals surface area contributed by atoms with Crippen LogP contribution in [0.4, 0.5) is 8.78 Å². The zero-order valence-corrected chi connectivity index (χ0v) is 14.1. The number of hydrogen-bond donors (Lipinski definition) is 1. The molecular formula is C16H20F2N2O2S. The van der Waals surface area contributed by atoms with E-state index in [2.05, 4.69) is 4.98 Å². The molecule has 0 aliphatic heterocycles. The Balaban J connectivity index is 2.72. The highest BCUT2D eigenvalue weighted by Gasteiger charge is 2.28. The fraction of sp³-hybridized carbons (Fsp3) is 0.438. The number of nitrogens with one attached hydrogen (secondary N) is 1. The van der Waals surface area contributed by atoms with Crippen LogP contribution in [-0.2, 0) is 11.0 Å². The van der Waals surface area contributed by atoms with Crippen LogP contribution in [0, 0.1) is 11.6 Å². The summed E-state index contributed by atoms with van der Waals surface area (Å²) in [6, 6.07) is 0.649. The second kappa shape index (κ2) is 6.13. The van der Waals surface area contributed by atoms with Gasteiger partial charge in [-0.15, -0.1) is 0 Å². The van der Waals surface area contributed by atoms with Gasteiger partial charge in [-0.25, -0.2) is 17.3 Å². The topological polar surface area (TPSA) is 53.2 Å². The first-order valence-corrected chi connectivity index (χ1v) is 8.07. The number of rotatable bonds is 3. The first-order chi connectivity index (χ1) is 11.7. The monoisotopic (exact) mass is 345 g/mol. The Morgan fingerprint density at radius 3 is 2.35 bits per heavy atom. The number of nitrogens with zero attached hydrogens (tertiary/aromatic N) is 1. The van der Waals surface area contributed by atoms with Crippen LogP contribution >= 0.6 is 0 Å². The summed E-state index contributed by atoms with van der Waals surface area (Å²) in [4.78, 5) is 14.3. The van der Waals surface area contributed by atoms with E-state index in [0.29, 0.717) is 0 Å². The van der Waals surface area contributed by atoms with Gasteiger partial charge in [-0.3, -0.25) is 4.79 Å². The van der Waals surface area contributed by atoms with E-state index in [1.165, 1.54) is 13.1 Å².